The molecule has 2 N–H and O–H groups in total. The molecule has 0 aliphatic heterocycles. The van der Waals surface area contributed by atoms with Crippen LogP contribution in [0.1, 0.15) is 71.0 Å². The van der Waals surface area contributed by atoms with Crippen molar-refractivity contribution in [1.29, 1.82) is 0 Å². The highest BCUT2D eigenvalue weighted by atomic mass is 16.5. The molecule has 0 radical (unpaired) electrons. The smallest absolute Gasteiger partial charge is 0.232 e. The van der Waals surface area contributed by atoms with E-state index >= 15 is 0 Å². The molecular formula is C16H25N3O. The molecule has 4 nitrogen and oxygen atoms in total. The van der Waals surface area contributed by atoms with Crippen molar-refractivity contribution in [3.8, 4) is 0 Å². The van der Waals surface area contributed by atoms with E-state index in [1.54, 1.807) is 0 Å². The van der Waals surface area contributed by atoms with Gasteiger partial charge in [-0.3, -0.25) is 0 Å². The van der Waals surface area contributed by atoms with Crippen molar-refractivity contribution in [2.24, 2.45) is 23.0 Å². The molecule has 1 heterocycles. The monoisotopic (exact) mass is 275 g/mol. The minimum atomic E-state index is -0.520. The van der Waals surface area contributed by atoms with Crippen LogP contribution in [0.5, 0.6) is 0 Å². The van der Waals surface area contributed by atoms with E-state index in [4.69, 9.17) is 15.2 Å². The average molecular weight is 275 g/mol. The Kier molecular flexibility index (Phi) is 2.34. The Morgan fingerprint density at radius 1 is 1.20 bits per heavy atom. The first-order chi connectivity index (χ1) is 9.28. The topological polar surface area (TPSA) is 64.9 Å². The Balaban J connectivity index is 1.73. The summed E-state index contributed by atoms with van der Waals surface area (Å²) in [7, 11) is 0. The number of rotatable bonds is 2. The standard InChI is InChI=1S/C16H25N3O/c1-14(2,17)12-18-13(20-19-12)16-7-10-4-11(8-16)6-15(3,5-10)9-16/h10-11H,4-9,17H2,1-3H3. The van der Waals surface area contributed by atoms with Gasteiger partial charge in [-0.05, 0) is 69.6 Å². The van der Waals surface area contributed by atoms with Crippen molar-refractivity contribution >= 4 is 0 Å². The highest BCUT2D eigenvalue weighted by Crippen LogP contribution is 2.65. The zero-order valence-corrected chi connectivity index (χ0v) is 12.8. The van der Waals surface area contributed by atoms with Crippen LogP contribution in [0, 0.1) is 17.3 Å². The largest absolute Gasteiger partial charge is 0.339 e. The summed E-state index contributed by atoms with van der Waals surface area (Å²) in [6.45, 7) is 6.33. The quantitative estimate of drug-likeness (QED) is 0.900. The van der Waals surface area contributed by atoms with Gasteiger partial charge in [0, 0.05) is 0 Å². The van der Waals surface area contributed by atoms with E-state index in [-0.39, 0.29) is 5.41 Å². The maximum absolute atomic E-state index is 6.10. The Labute approximate surface area is 120 Å². The van der Waals surface area contributed by atoms with Crippen LogP contribution in [-0.4, -0.2) is 10.1 Å². The molecule has 110 valence electrons. The molecule has 4 aliphatic rings. The Bertz CT molecular complexity index is 528. The van der Waals surface area contributed by atoms with E-state index < -0.39 is 5.54 Å². The van der Waals surface area contributed by atoms with Gasteiger partial charge in [0.25, 0.3) is 0 Å². The van der Waals surface area contributed by atoms with Crippen LogP contribution in [0.2, 0.25) is 0 Å². The van der Waals surface area contributed by atoms with E-state index in [1.165, 1.54) is 38.5 Å². The van der Waals surface area contributed by atoms with Gasteiger partial charge in [-0.2, -0.15) is 4.98 Å². The van der Waals surface area contributed by atoms with Crippen molar-refractivity contribution in [3.05, 3.63) is 11.7 Å². The van der Waals surface area contributed by atoms with E-state index in [0.717, 1.165) is 17.7 Å². The third kappa shape index (κ3) is 1.77. The fraction of sp³-hybridized carbons (Fsp3) is 0.875. The first kappa shape index (κ1) is 12.8. The van der Waals surface area contributed by atoms with Gasteiger partial charge >= 0.3 is 0 Å². The van der Waals surface area contributed by atoms with Gasteiger partial charge in [0.05, 0.1) is 11.0 Å². The third-order valence-corrected chi connectivity index (χ3v) is 5.81. The highest BCUT2D eigenvalue weighted by molar-refractivity contribution is 5.18. The van der Waals surface area contributed by atoms with Gasteiger partial charge in [-0.15, -0.1) is 0 Å². The van der Waals surface area contributed by atoms with E-state index in [0.29, 0.717) is 11.2 Å². The fourth-order valence-electron chi connectivity index (χ4n) is 5.67. The number of aromatic nitrogens is 2. The van der Waals surface area contributed by atoms with Crippen LogP contribution in [0.15, 0.2) is 4.52 Å². The van der Waals surface area contributed by atoms with Crippen molar-refractivity contribution in [3.63, 3.8) is 0 Å². The number of nitrogens with two attached hydrogens (primary N) is 1. The summed E-state index contributed by atoms with van der Waals surface area (Å²) in [6.07, 6.45) is 7.92. The van der Waals surface area contributed by atoms with Crippen molar-refractivity contribution < 1.29 is 4.52 Å². The summed E-state index contributed by atoms with van der Waals surface area (Å²) < 4.78 is 5.68. The lowest BCUT2D eigenvalue weighted by Crippen LogP contribution is -2.53. The maximum atomic E-state index is 6.10. The van der Waals surface area contributed by atoms with Gasteiger partial charge < -0.3 is 10.3 Å². The maximum Gasteiger partial charge on any atom is 0.232 e. The lowest BCUT2D eigenvalue weighted by atomic mass is 9.44. The third-order valence-electron chi connectivity index (χ3n) is 5.81. The molecular weight excluding hydrogens is 250 g/mol. The second kappa shape index (κ2) is 3.65. The molecule has 20 heavy (non-hydrogen) atoms. The van der Waals surface area contributed by atoms with Crippen LogP contribution in [-0.2, 0) is 11.0 Å². The summed E-state index contributed by atoms with van der Waals surface area (Å²) in [6, 6.07) is 0. The normalized spacial score (nSPS) is 43.2. The van der Waals surface area contributed by atoms with Gasteiger partial charge in [0.2, 0.25) is 5.89 Å². The highest BCUT2D eigenvalue weighted by Gasteiger charge is 2.58. The summed E-state index contributed by atoms with van der Waals surface area (Å²) in [4.78, 5) is 4.70. The molecule has 2 unspecified atom stereocenters. The summed E-state index contributed by atoms with van der Waals surface area (Å²) in [5.41, 5.74) is 6.23. The Morgan fingerprint density at radius 2 is 1.85 bits per heavy atom. The number of hydrogen-bond acceptors (Lipinski definition) is 4. The molecule has 1 aromatic heterocycles. The zero-order valence-electron chi connectivity index (χ0n) is 12.8. The van der Waals surface area contributed by atoms with Crippen LogP contribution >= 0.6 is 0 Å². The molecule has 5 rings (SSSR count). The van der Waals surface area contributed by atoms with Gasteiger partial charge in [0.15, 0.2) is 5.82 Å². The molecule has 0 amide bonds. The van der Waals surface area contributed by atoms with E-state index in [1.807, 2.05) is 13.8 Å². The summed E-state index contributed by atoms with van der Waals surface area (Å²) in [5.74, 6) is 3.24. The molecule has 4 heteroatoms. The average Bonchev–Trinajstić information content (AvgIpc) is 2.73. The number of nitrogens with zero attached hydrogens (tertiary/aromatic N) is 2. The predicted molar refractivity (Wildman–Crippen MR) is 76.0 cm³/mol. The van der Waals surface area contributed by atoms with Gasteiger partial charge in [0.1, 0.15) is 0 Å². The molecule has 4 bridgehead atoms. The van der Waals surface area contributed by atoms with Crippen molar-refractivity contribution in [1.82, 2.24) is 10.1 Å². The Morgan fingerprint density at radius 3 is 2.35 bits per heavy atom. The zero-order chi connectivity index (χ0) is 14.2. The summed E-state index contributed by atoms with van der Waals surface area (Å²) >= 11 is 0. The lowest BCUT2D eigenvalue weighted by Gasteiger charge is -2.59. The lowest BCUT2D eigenvalue weighted by molar-refractivity contribution is -0.0724. The summed E-state index contributed by atoms with van der Waals surface area (Å²) in [5, 5.41) is 4.16. The predicted octanol–water partition coefficient (Wildman–Crippen LogP) is 3.12. The molecule has 4 fully saturated rings. The molecule has 0 aromatic carbocycles. The van der Waals surface area contributed by atoms with Crippen LogP contribution in [0.25, 0.3) is 0 Å². The molecule has 4 saturated carbocycles. The number of hydrogen-bond donors (Lipinski definition) is 1. The van der Waals surface area contributed by atoms with E-state index in [9.17, 15) is 0 Å². The van der Waals surface area contributed by atoms with Crippen molar-refractivity contribution in [2.45, 2.75) is 70.3 Å². The van der Waals surface area contributed by atoms with Gasteiger partial charge in [-0.25, -0.2) is 0 Å². The second-order valence-corrected chi connectivity index (χ2v) is 8.70. The minimum absolute atomic E-state index is 0.148. The van der Waals surface area contributed by atoms with Crippen LogP contribution in [0.4, 0.5) is 0 Å². The molecule has 0 saturated heterocycles. The van der Waals surface area contributed by atoms with Crippen molar-refractivity contribution in [2.75, 3.05) is 0 Å². The van der Waals surface area contributed by atoms with Crippen LogP contribution in [0.3, 0.4) is 0 Å². The molecule has 4 aliphatic carbocycles. The SMILES string of the molecule is CC12CC3CC(C1)CC(c1nc(C(C)(C)N)no1)(C3)C2. The molecule has 0 spiro atoms. The molecule has 1 aromatic rings. The van der Waals surface area contributed by atoms with Gasteiger partial charge in [-0.1, -0.05) is 12.1 Å². The van der Waals surface area contributed by atoms with Crippen LogP contribution < -0.4 is 5.73 Å². The fourth-order valence-corrected chi connectivity index (χ4v) is 5.67. The minimum Gasteiger partial charge on any atom is -0.339 e. The first-order valence-electron chi connectivity index (χ1n) is 7.92. The molecule has 2 atom stereocenters. The first-order valence-corrected chi connectivity index (χ1v) is 7.92. The van der Waals surface area contributed by atoms with E-state index in [2.05, 4.69) is 12.1 Å². The second-order valence-electron chi connectivity index (χ2n) is 8.70. The Hall–Kier alpha value is -0.900.